The molecule has 3 rings (SSSR count). The Labute approximate surface area is 120 Å². The molecular weight excluding hydrogens is 246 g/mol. The van der Waals surface area contributed by atoms with Crippen molar-refractivity contribution in [3.63, 3.8) is 0 Å². The summed E-state index contributed by atoms with van der Waals surface area (Å²) >= 11 is 0. The van der Waals surface area contributed by atoms with Gasteiger partial charge in [-0.2, -0.15) is 0 Å². The van der Waals surface area contributed by atoms with Crippen molar-refractivity contribution in [2.45, 2.75) is 58.5 Å². The Balaban J connectivity index is 2.42. The van der Waals surface area contributed by atoms with Crippen LogP contribution in [0, 0.1) is 0 Å². The highest BCUT2D eigenvalue weighted by molar-refractivity contribution is 5.87. The molecule has 1 aliphatic rings. The Morgan fingerprint density at radius 1 is 1.20 bits per heavy atom. The molecule has 2 aromatic rings. The van der Waals surface area contributed by atoms with Gasteiger partial charge < -0.3 is 5.11 Å². The third kappa shape index (κ3) is 2.12. The fourth-order valence-corrected chi connectivity index (χ4v) is 3.49. The zero-order valence-electron chi connectivity index (χ0n) is 12.7. The molecule has 0 bridgehead atoms. The molecule has 1 N–H and O–H groups in total. The fraction of sp³-hybridized carbons (Fsp3) is 0.500. The van der Waals surface area contributed by atoms with E-state index in [1.165, 1.54) is 29.7 Å². The lowest BCUT2D eigenvalue weighted by atomic mass is 9.82. The molecule has 0 radical (unpaired) electrons. The van der Waals surface area contributed by atoms with Crippen LogP contribution in [0.3, 0.4) is 0 Å². The molecular formula is C18H23NO. The zero-order chi connectivity index (χ0) is 14.3. The van der Waals surface area contributed by atoms with Gasteiger partial charge in [-0.1, -0.05) is 25.1 Å². The number of hydrogen-bond donors (Lipinski definition) is 1. The molecule has 106 valence electrons. The summed E-state index contributed by atoms with van der Waals surface area (Å²) < 4.78 is 0. The van der Waals surface area contributed by atoms with Crippen LogP contribution in [0.2, 0.25) is 0 Å². The average molecular weight is 269 g/mol. The number of para-hydroxylation sites is 1. The third-order valence-electron chi connectivity index (χ3n) is 4.37. The minimum atomic E-state index is -0.811. The molecule has 0 amide bonds. The van der Waals surface area contributed by atoms with Crippen LogP contribution >= 0.6 is 0 Å². The SMILES string of the molecule is CCc1cccc2c(C(C)(C)O)c3c(nc12)CCCC3. The first kappa shape index (κ1) is 13.6. The number of nitrogens with zero attached hydrogens (tertiary/aromatic N) is 1. The van der Waals surface area contributed by atoms with Crippen molar-refractivity contribution in [3.8, 4) is 0 Å². The number of rotatable bonds is 2. The summed E-state index contributed by atoms with van der Waals surface area (Å²) in [6.45, 7) is 5.96. The lowest BCUT2D eigenvalue weighted by molar-refractivity contribution is 0.0789. The second-order valence-corrected chi connectivity index (χ2v) is 6.35. The molecule has 2 heteroatoms. The van der Waals surface area contributed by atoms with E-state index in [1.807, 2.05) is 13.8 Å². The van der Waals surface area contributed by atoms with E-state index in [1.54, 1.807) is 0 Å². The van der Waals surface area contributed by atoms with Gasteiger partial charge in [0.05, 0.1) is 11.1 Å². The molecule has 0 aliphatic heterocycles. The van der Waals surface area contributed by atoms with Crippen LogP contribution in [-0.4, -0.2) is 10.1 Å². The summed E-state index contributed by atoms with van der Waals surface area (Å²) in [6.07, 6.45) is 5.50. The topological polar surface area (TPSA) is 33.1 Å². The molecule has 0 saturated heterocycles. The third-order valence-corrected chi connectivity index (χ3v) is 4.37. The summed E-state index contributed by atoms with van der Waals surface area (Å²) in [6, 6.07) is 6.36. The van der Waals surface area contributed by atoms with Gasteiger partial charge >= 0.3 is 0 Å². The first-order valence-corrected chi connectivity index (χ1v) is 7.68. The van der Waals surface area contributed by atoms with Crippen molar-refractivity contribution in [1.82, 2.24) is 4.98 Å². The summed E-state index contributed by atoms with van der Waals surface area (Å²) in [7, 11) is 0. The van der Waals surface area contributed by atoms with E-state index in [0.717, 1.165) is 35.7 Å². The monoisotopic (exact) mass is 269 g/mol. The molecule has 0 fully saturated rings. The largest absolute Gasteiger partial charge is 0.386 e. The van der Waals surface area contributed by atoms with Gasteiger partial charge in [-0.15, -0.1) is 0 Å². The van der Waals surface area contributed by atoms with Gasteiger partial charge in [0.15, 0.2) is 0 Å². The van der Waals surface area contributed by atoms with Gasteiger partial charge in [0, 0.05) is 11.1 Å². The summed E-state index contributed by atoms with van der Waals surface area (Å²) in [4.78, 5) is 4.95. The Morgan fingerprint density at radius 3 is 2.65 bits per heavy atom. The molecule has 0 saturated carbocycles. The van der Waals surface area contributed by atoms with Crippen LogP contribution in [0.15, 0.2) is 18.2 Å². The van der Waals surface area contributed by atoms with E-state index < -0.39 is 5.60 Å². The van der Waals surface area contributed by atoms with Gasteiger partial charge in [-0.05, 0) is 62.6 Å². The number of benzene rings is 1. The predicted molar refractivity (Wildman–Crippen MR) is 83.0 cm³/mol. The minimum Gasteiger partial charge on any atom is -0.386 e. The maximum atomic E-state index is 10.7. The summed E-state index contributed by atoms with van der Waals surface area (Å²) in [5.74, 6) is 0. The highest BCUT2D eigenvalue weighted by Gasteiger charge is 2.27. The second kappa shape index (κ2) is 4.85. The Hall–Kier alpha value is -1.41. The van der Waals surface area contributed by atoms with E-state index in [-0.39, 0.29) is 0 Å². The number of aromatic nitrogens is 1. The normalized spacial score (nSPS) is 15.4. The fourth-order valence-electron chi connectivity index (χ4n) is 3.49. The first-order chi connectivity index (χ1) is 9.52. The van der Waals surface area contributed by atoms with E-state index in [9.17, 15) is 5.11 Å². The van der Waals surface area contributed by atoms with Gasteiger partial charge in [-0.25, -0.2) is 0 Å². The second-order valence-electron chi connectivity index (χ2n) is 6.35. The van der Waals surface area contributed by atoms with E-state index >= 15 is 0 Å². The van der Waals surface area contributed by atoms with Crippen molar-refractivity contribution >= 4 is 10.9 Å². The van der Waals surface area contributed by atoms with Gasteiger partial charge in [0.25, 0.3) is 0 Å². The van der Waals surface area contributed by atoms with Gasteiger partial charge in [0.1, 0.15) is 0 Å². The van der Waals surface area contributed by atoms with Crippen LogP contribution in [0.25, 0.3) is 10.9 Å². The maximum Gasteiger partial charge on any atom is 0.0850 e. The lowest BCUT2D eigenvalue weighted by Gasteiger charge is -2.28. The van der Waals surface area contributed by atoms with Crippen LogP contribution in [0.5, 0.6) is 0 Å². The number of hydrogen-bond acceptors (Lipinski definition) is 2. The molecule has 1 aliphatic carbocycles. The number of pyridine rings is 1. The maximum absolute atomic E-state index is 10.7. The van der Waals surface area contributed by atoms with Crippen LogP contribution in [-0.2, 0) is 24.9 Å². The molecule has 0 spiro atoms. The van der Waals surface area contributed by atoms with Gasteiger partial charge in [0.2, 0.25) is 0 Å². The summed E-state index contributed by atoms with van der Waals surface area (Å²) in [5, 5.41) is 11.8. The molecule has 0 atom stereocenters. The predicted octanol–water partition coefficient (Wildman–Crippen LogP) is 3.90. The smallest absolute Gasteiger partial charge is 0.0850 e. The highest BCUT2D eigenvalue weighted by Crippen LogP contribution is 2.36. The average Bonchev–Trinajstić information content (AvgIpc) is 2.42. The zero-order valence-corrected chi connectivity index (χ0v) is 12.7. The van der Waals surface area contributed by atoms with E-state index in [0.29, 0.717) is 0 Å². The molecule has 2 nitrogen and oxygen atoms in total. The lowest BCUT2D eigenvalue weighted by Crippen LogP contribution is -2.22. The van der Waals surface area contributed by atoms with Crippen LogP contribution in [0.4, 0.5) is 0 Å². The Kier molecular flexibility index (Phi) is 3.29. The van der Waals surface area contributed by atoms with Crippen LogP contribution < -0.4 is 0 Å². The standard InChI is InChI=1S/C18H23NO/c1-4-12-8-7-10-14-16(18(2,3)20)13-9-5-6-11-15(13)19-17(12)14/h7-8,10,20H,4-6,9,11H2,1-3H3. The van der Waals surface area contributed by atoms with Crippen LogP contribution in [0.1, 0.15) is 56.0 Å². The van der Waals surface area contributed by atoms with Crippen molar-refractivity contribution in [2.24, 2.45) is 0 Å². The van der Waals surface area contributed by atoms with Crippen molar-refractivity contribution in [2.75, 3.05) is 0 Å². The molecule has 0 unspecified atom stereocenters. The molecule has 1 heterocycles. The quantitative estimate of drug-likeness (QED) is 0.897. The van der Waals surface area contributed by atoms with Crippen molar-refractivity contribution in [1.29, 1.82) is 0 Å². The van der Waals surface area contributed by atoms with Gasteiger partial charge in [-0.3, -0.25) is 4.98 Å². The Bertz CT molecular complexity index is 652. The van der Waals surface area contributed by atoms with Crippen molar-refractivity contribution < 1.29 is 5.11 Å². The molecule has 1 aromatic heterocycles. The summed E-state index contributed by atoms with van der Waals surface area (Å²) in [5.41, 5.74) is 5.17. The number of fused-ring (bicyclic) bond motifs is 2. The molecule has 20 heavy (non-hydrogen) atoms. The minimum absolute atomic E-state index is 0.811. The molecule has 1 aromatic carbocycles. The first-order valence-electron chi connectivity index (χ1n) is 7.68. The van der Waals surface area contributed by atoms with E-state index in [2.05, 4.69) is 25.1 Å². The highest BCUT2D eigenvalue weighted by atomic mass is 16.3. The van der Waals surface area contributed by atoms with Crippen molar-refractivity contribution in [3.05, 3.63) is 40.6 Å². The number of aliphatic hydroxyl groups is 1. The number of aryl methyl sites for hydroxylation is 2. The van der Waals surface area contributed by atoms with E-state index in [4.69, 9.17) is 4.98 Å². The Morgan fingerprint density at radius 2 is 1.95 bits per heavy atom.